The molecule has 17 heavy (non-hydrogen) atoms. The Morgan fingerprint density at radius 3 is 2.59 bits per heavy atom. The van der Waals surface area contributed by atoms with Crippen molar-refractivity contribution in [1.82, 2.24) is 0 Å². The topological polar surface area (TPSA) is 17.1 Å². The lowest BCUT2D eigenvalue weighted by molar-refractivity contribution is 0.0938. The summed E-state index contributed by atoms with van der Waals surface area (Å²) in [6.07, 6.45) is 7.50. The summed E-state index contributed by atoms with van der Waals surface area (Å²) < 4.78 is 13.4. The summed E-state index contributed by atoms with van der Waals surface area (Å²) in [6, 6.07) is 4.71. The van der Waals surface area contributed by atoms with Crippen LogP contribution in [0.15, 0.2) is 18.2 Å². The van der Waals surface area contributed by atoms with Crippen LogP contribution in [0.5, 0.6) is 0 Å². The molecule has 0 N–H and O–H groups in total. The number of halogens is 1. The number of carbonyl (C=O) groups excluding carboxylic acids is 1. The zero-order chi connectivity index (χ0) is 11.9. The molecular weight excluding hydrogens is 215 g/mol. The van der Waals surface area contributed by atoms with E-state index in [0.717, 1.165) is 30.4 Å². The summed E-state index contributed by atoms with van der Waals surface area (Å²) in [6.45, 7) is 0. The maximum atomic E-state index is 13.4. The highest BCUT2D eigenvalue weighted by molar-refractivity contribution is 5.99. The van der Waals surface area contributed by atoms with Gasteiger partial charge in [-0.15, -0.1) is 0 Å². The fourth-order valence-corrected chi connectivity index (χ4v) is 3.57. The zero-order valence-corrected chi connectivity index (χ0v) is 9.97. The van der Waals surface area contributed by atoms with E-state index in [1.165, 1.54) is 25.3 Å². The van der Waals surface area contributed by atoms with E-state index in [9.17, 15) is 9.18 Å². The Hall–Kier alpha value is -1.18. The first-order chi connectivity index (χ1) is 8.21. The molecule has 0 aromatic heterocycles. The largest absolute Gasteiger partial charge is 0.294 e. The fourth-order valence-electron chi connectivity index (χ4n) is 3.57. The molecular formula is C15H17FO. The Kier molecular flexibility index (Phi) is 2.53. The summed E-state index contributed by atoms with van der Waals surface area (Å²) in [5.74, 6) is -0.0143. The number of fused-ring (bicyclic) bond motifs is 2. The van der Waals surface area contributed by atoms with Crippen LogP contribution in [-0.4, -0.2) is 5.78 Å². The standard InChI is InChI=1S/C15H17FO/c16-11-4-5-12-13(10-11)15(9-6-14(12)17)7-2-1-3-8-15/h4-5,10H,1-3,6-9H2. The highest BCUT2D eigenvalue weighted by Gasteiger charge is 2.40. The fraction of sp³-hybridized carbons (Fsp3) is 0.533. The summed E-state index contributed by atoms with van der Waals surface area (Å²) in [5, 5.41) is 0. The molecule has 2 heteroatoms. The predicted molar refractivity (Wildman–Crippen MR) is 64.7 cm³/mol. The molecule has 0 heterocycles. The van der Waals surface area contributed by atoms with E-state index in [2.05, 4.69) is 0 Å². The number of carbonyl (C=O) groups is 1. The summed E-state index contributed by atoms with van der Waals surface area (Å²) in [7, 11) is 0. The zero-order valence-electron chi connectivity index (χ0n) is 9.97. The second-order valence-corrected chi connectivity index (χ2v) is 5.45. The third-order valence-electron chi connectivity index (χ3n) is 4.49. The van der Waals surface area contributed by atoms with Gasteiger partial charge in [0.1, 0.15) is 5.82 Å². The minimum atomic E-state index is -0.205. The Morgan fingerprint density at radius 2 is 1.82 bits per heavy atom. The molecule has 0 atom stereocenters. The number of Topliss-reactive ketones (excluding diaryl/α,β-unsaturated/α-hetero) is 1. The van der Waals surface area contributed by atoms with E-state index in [-0.39, 0.29) is 17.0 Å². The average Bonchev–Trinajstić information content (AvgIpc) is 2.36. The molecule has 0 saturated heterocycles. The van der Waals surface area contributed by atoms with Crippen LogP contribution >= 0.6 is 0 Å². The maximum Gasteiger partial charge on any atom is 0.163 e. The molecule has 0 amide bonds. The van der Waals surface area contributed by atoms with Gasteiger partial charge in [0, 0.05) is 12.0 Å². The van der Waals surface area contributed by atoms with Crippen LogP contribution in [-0.2, 0) is 5.41 Å². The van der Waals surface area contributed by atoms with Crippen LogP contribution in [0.4, 0.5) is 4.39 Å². The SMILES string of the molecule is O=C1CCC2(CCCCC2)c2cc(F)ccc21. The third-order valence-corrected chi connectivity index (χ3v) is 4.49. The molecule has 1 fully saturated rings. The minimum Gasteiger partial charge on any atom is -0.294 e. The highest BCUT2D eigenvalue weighted by Crippen LogP contribution is 2.47. The molecule has 0 aliphatic heterocycles. The first-order valence-electron chi connectivity index (χ1n) is 6.55. The van der Waals surface area contributed by atoms with Crippen molar-refractivity contribution >= 4 is 5.78 Å². The first-order valence-corrected chi connectivity index (χ1v) is 6.55. The molecule has 1 aromatic rings. The van der Waals surface area contributed by atoms with Crippen molar-refractivity contribution in [3.8, 4) is 0 Å². The second-order valence-electron chi connectivity index (χ2n) is 5.45. The van der Waals surface area contributed by atoms with Gasteiger partial charge < -0.3 is 0 Å². The van der Waals surface area contributed by atoms with Gasteiger partial charge in [0.25, 0.3) is 0 Å². The lowest BCUT2D eigenvalue weighted by Gasteiger charge is -2.41. The van der Waals surface area contributed by atoms with Gasteiger partial charge in [0.05, 0.1) is 0 Å². The van der Waals surface area contributed by atoms with Gasteiger partial charge in [0.2, 0.25) is 0 Å². The number of benzene rings is 1. The quantitative estimate of drug-likeness (QED) is 0.660. The number of ketones is 1. The second kappa shape index (κ2) is 3.94. The number of hydrogen-bond donors (Lipinski definition) is 0. The van der Waals surface area contributed by atoms with Gasteiger partial charge in [-0.1, -0.05) is 19.3 Å². The molecule has 90 valence electrons. The average molecular weight is 232 g/mol. The van der Waals surface area contributed by atoms with Crippen molar-refractivity contribution in [3.05, 3.63) is 35.1 Å². The highest BCUT2D eigenvalue weighted by atomic mass is 19.1. The summed E-state index contributed by atoms with van der Waals surface area (Å²) in [5.41, 5.74) is 1.87. The van der Waals surface area contributed by atoms with Gasteiger partial charge in [-0.3, -0.25) is 4.79 Å². The Bertz CT molecular complexity index is 458. The molecule has 2 aliphatic carbocycles. The monoisotopic (exact) mass is 232 g/mol. The van der Waals surface area contributed by atoms with Crippen LogP contribution in [0.3, 0.4) is 0 Å². The van der Waals surface area contributed by atoms with E-state index in [1.807, 2.05) is 0 Å². The molecule has 1 nitrogen and oxygen atoms in total. The summed E-state index contributed by atoms with van der Waals surface area (Å²) >= 11 is 0. The van der Waals surface area contributed by atoms with E-state index in [1.54, 1.807) is 12.1 Å². The van der Waals surface area contributed by atoms with E-state index < -0.39 is 0 Å². The number of hydrogen-bond acceptors (Lipinski definition) is 1. The first kappa shape index (κ1) is 10.9. The van der Waals surface area contributed by atoms with Crippen LogP contribution in [0, 0.1) is 5.82 Å². The van der Waals surface area contributed by atoms with Crippen LogP contribution in [0.1, 0.15) is 60.9 Å². The Labute approximate surface area is 101 Å². The molecule has 3 rings (SSSR count). The van der Waals surface area contributed by atoms with Crippen molar-refractivity contribution in [2.45, 2.75) is 50.4 Å². The molecule has 1 saturated carbocycles. The van der Waals surface area contributed by atoms with Crippen LogP contribution in [0.2, 0.25) is 0 Å². The lowest BCUT2D eigenvalue weighted by atomic mass is 9.62. The normalized spacial score (nSPS) is 22.5. The van der Waals surface area contributed by atoms with Gasteiger partial charge in [0.15, 0.2) is 5.78 Å². The smallest absolute Gasteiger partial charge is 0.163 e. The van der Waals surface area contributed by atoms with Crippen LogP contribution in [0.25, 0.3) is 0 Å². The van der Waals surface area contributed by atoms with Crippen molar-refractivity contribution in [2.75, 3.05) is 0 Å². The van der Waals surface area contributed by atoms with Crippen molar-refractivity contribution in [1.29, 1.82) is 0 Å². The Balaban J connectivity index is 2.12. The maximum absolute atomic E-state index is 13.4. The van der Waals surface area contributed by atoms with E-state index >= 15 is 0 Å². The van der Waals surface area contributed by atoms with Crippen LogP contribution < -0.4 is 0 Å². The molecule has 0 bridgehead atoms. The third kappa shape index (κ3) is 1.70. The predicted octanol–water partition coefficient (Wildman–Crippen LogP) is 4.00. The Morgan fingerprint density at radius 1 is 1.06 bits per heavy atom. The minimum absolute atomic E-state index is 0.101. The van der Waals surface area contributed by atoms with Gasteiger partial charge in [-0.05, 0) is 48.4 Å². The lowest BCUT2D eigenvalue weighted by Crippen LogP contribution is -2.35. The van der Waals surface area contributed by atoms with E-state index in [0.29, 0.717) is 6.42 Å². The van der Waals surface area contributed by atoms with Gasteiger partial charge in [-0.2, -0.15) is 0 Å². The molecule has 0 unspecified atom stereocenters. The van der Waals surface area contributed by atoms with Gasteiger partial charge >= 0.3 is 0 Å². The van der Waals surface area contributed by atoms with Crippen molar-refractivity contribution in [3.63, 3.8) is 0 Å². The number of rotatable bonds is 0. The van der Waals surface area contributed by atoms with E-state index in [4.69, 9.17) is 0 Å². The molecule has 1 spiro atoms. The molecule has 1 aromatic carbocycles. The van der Waals surface area contributed by atoms with Gasteiger partial charge in [-0.25, -0.2) is 4.39 Å². The van der Waals surface area contributed by atoms with Crippen molar-refractivity contribution in [2.24, 2.45) is 0 Å². The summed E-state index contributed by atoms with van der Waals surface area (Å²) in [4.78, 5) is 11.9. The molecule has 0 radical (unpaired) electrons. The molecule has 2 aliphatic rings. The van der Waals surface area contributed by atoms with Crippen molar-refractivity contribution < 1.29 is 9.18 Å².